The van der Waals surface area contributed by atoms with Crippen LogP contribution in [-0.2, 0) is 6.54 Å². The van der Waals surface area contributed by atoms with Gasteiger partial charge in [0.15, 0.2) is 11.5 Å². The van der Waals surface area contributed by atoms with E-state index in [9.17, 15) is 0 Å². The van der Waals surface area contributed by atoms with Crippen LogP contribution >= 0.6 is 0 Å². The molecule has 0 spiro atoms. The molecule has 0 aliphatic carbocycles. The van der Waals surface area contributed by atoms with Crippen LogP contribution in [0.2, 0.25) is 0 Å². The van der Waals surface area contributed by atoms with Crippen LogP contribution in [0.15, 0.2) is 36.4 Å². The molecule has 0 bridgehead atoms. The summed E-state index contributed by atoms with van der Waals surface area (Å²) >= 11 is 0. The molecular weight excluding hydrogens is 290 g/mol. The zero-order valence-electron chi connectivity index (χ0n) is 14.5. The molecule has 0 fully saturated rings. The zero-order chi connectivity index (χ0) is 16.8. The van der Waals surface area contributed by atoms with Gasteiger partial charge in [0, 0.05) is 23.7 Å². The quantitative estimate of drug-likeness (QED) is 0.842. The SMILES string of the molecule is COc1ccc(C)cc1C(C)NCc1cccc(OC)c1OC. The molecule has 2 rings (SSSR count). The minimum absolute atomic E-state index is 0.153. The number of nitrogens with one attached hydrogen (secondary N) is 1. The van der Waals surface area contributed by atoms with Crippen molar-refractivity contribution < 1.29 is 14.2 Å². The van der Waals surface area contributed by atoms with Gasteiger partial charge >= 0.3 is 0 Å². The molecule has 23 heavy (non-hydrogen) atoms. The Morgan fingerprint density at radius 2 is 1.70 bits per heavy atom. The van der Waals surface area contributed by atoms with Gasteiger partial charge in [-0.25, -0.2) is 0 Å². The molecule has 0 aliphatic heterocycles. The molecule has 2 aromatic carbocycles. The summed E-state index contributed by atoms with van der Waals surface area (Å²) < 4.78 is 16.3. The van der Waals surface area contributed by atoms with E-state index in [1.54, 1.807) is 21.3 Å². The van der Waals surface area contributed by atoms with Crippen molar-refractivity contribution in [3.8, 4) is 17.2 Å². The third-order valence-electron chi connectivity index (χ3n) is 3.93. The minimum Gasteiger partial charge on any atom is -0.496 e. The molecule has 0 heterocycles. The normalized spacial score (nSPS) is 11.9. The minimum atomic E-state index is 0.153. The van der Waals surface area contributed by atoms with Crippen LogP contribution in [-0.4, -0.2) is 21.3 Å². The maximum absolute atomic E-state index is 5.48. The maximum atomic E-state index is 5.48. The van der Waals surface area contributed by atoms with Crippen molar-refractivity contribution >= 4 is 0 Å². The summed E-state index contributed by atoms with van der Waals surface area (Å²) in [4.78, 5) is 0. The highest BCUT2D eigenvalue weighted by Gasteiger charge is 2.14. The zero-order valence-corrected chi connectivity index (χ0v) is 14.5. The van der Waals surface area contributed by atoms with Crippen LogP contribution < -0.4 is 19.5 Å². The molecule has 4 heteroatoms. The monoisotopic (exact) mass is 315 g/mol. The molecule has 1 N–H and O–H groups in total. The standard InChI is InChI=1S/C19H25NO3/c1-13-9-10-17(21-3)16(11-13)14(2)20-12-15-7-6-8-18(22-4)19(15)23-5/h6-11,14,20H,12H2,1-5H3. The predicted octanol–water partition coefficient (Wildman–Crippen LogP) is 3.87. The Kier molecular flexibility index (Phi) is 5.88. The number of aryl methyl sites for hydroxylation is 1. The molecular formula is C19H25NO3. The fourth-order valence-electron chi connectivity index (χ4n) is 2.66. The third kappa shape index (κ3) is 3.96. The third-order valence-corrected chi connectivity index (χ3v) is 3.93. The van der Waals surface area contributed by atoms with Crippen LogP contribution in [0.25, 0.3) is 0 Å². The lowest BCUT2D eigenvalue weighted by atomic mass is 10.0. The first kappa shape index (κ1) is 17.2. The van der Waals surface area contributed by atoms with Crippen molar-refractivity contribution in [2.45, 2.75) is 26.4 Å². The summed E-state index contributed by atoms with van der Waals surface area (Å²) in [5.74, 6) is 2.41. The second-order valence-electron chi connectivity index (χ2n) is 5.50. The highest BCUT2D eigenvalue weighted by atomic mass is 16.5. The van der Waals surface area contributed by atoms with E-state index in [1.807, 2.05) is 24.3 Å². The molecule has 0 saturated heterocycles. The first-order valence-corrected chi connectivity index (χ1v) is 7.68. The van der Waals surface area contributed by atoms with E-state index in [-0.39, 0.29) is 6.04 Å². The predicted molar refractivity (Wildman–Crippen MR) is 92.5 cm³/mol. The van der Waals surface area contributed by atoms with Gasteiger partial charge in [0.05, 0.1) is 21.3 Å². The maximum Gasteiger partial charge on any atom is 0.165 e. The second kappa shape index (κ2) is 7.88. The van der Waals surface area contributed by atoms with E-state index in [1.165, 1.54) is 5.56 Å². The molecule has 0 aliphatic rings. The van der Waals surface area contributed by atoms with E-state index >= 15 is 0 Å². The average Bonchev–Trinajstić information content (AvgIpc) is 2.58. The van der Waals surface area contributed by atoms with Gasteiger partial charge in [-0.15, -0.1) is 0 Å². The van der Waals surface area contributed by atoms with E-state index in [4.69, 9.17) is 14.2 Å². The molecule has 4 nitrogen and oxygen atoms in total. The topological polar surface area (TPSA) is 39.7 Å². The Morgan fingerprint density at radius 3 is 2.35 bits per heavy atom. The Labute approximate surface area is 138 Å². The lowest BCUT2D eigenvalue weighted by Crippen LogP contribution is -2.19. The van der Waals surface area contributed by atoms with Crippen LogP contribution in [0.5, 0.6) is 17.2 Å². The van der Waals surface area contributed by atoms with E-state index in [0.717, 1.165) is 28.4 Å². The van der Waals surface area contributed by atoms with Crippen molar-refractivity contribution in [3.05, 3.63) is 53.1 Å². The molecule has 0 aromatic heterocycles. The van der Waals surface area contributed by atoms with Gasteiger partial charge in [-0.2, -0.15) is 0 Å². The molecule has 2 aromatic rings. The fraction of sp³-hybridized carbons (Fsp3) is 0.368. The van der Waals surface area contributed by atoms with Gasteiger partial charge in [0.1, 0.15) is 5.75 Å². The van der Waals surface area contributed by atoms with Gasteiger partial charge in [0.25, 0.3) is 0 Å². The summed E-state index contributed by atoms with van der Waals surface area (Å²) in [5.41, 5.74) is 3.42. The number of benzene rings is 2. The number of methoxy groups -OCH3 is 3. The summed E-state index contributed by atoms with van der Waals surface area (Å²) in [6.45, 7) is 4.89. The highest BCUT2D eigenvalue weighted by Crippen LogP contribution is 2.31. The van der Waals surface area contributed by atoms with Gasteiger partial charge in [0.2, 0.25) is 0 Å². The Morgan fingerprint density at radius 1 is 0.957 bits per heavy atom. The highest BCUT2D eigenvalue weighted by molar-refractivity contribution is 5.46. The van der Waals surface area contributed by atoms with Crippen LogP contribution in [0.3, 0.4) is 0 Å². The average molecular weight is 315 g/mol. The Bertz CT molecular complexity index is 655. The molecule has 0 radical (unpaired) electrons. The van der Waals surface area contributed by atoms with Crippen LogP contribution in [0, 0.1) is 6.92 Å². The molecule has 124 valence electrons. The molecule has 0 saturated carbocycles. The largest absolute Gasteiger partial charge is 0.496 e. The van der Waals surface area contributed by atoms with E-state index in [2.05, 4.69) is 31.3 Å². The first-order chi connectivity index (χ1) is 11.1. The summed E-state index contributed by atoms with van der Waals surface area (Å²) in [6.07, 6.45) is 0. The number of hydrogen-bond donors (Lipinski definition) is 1. The first-order valence-electron chi connectivity index (χ1n) is 7.68. The van der Waals surface area contributed by atoms with Crippen molar-refractivity contribution in [1.29, 1.82) is 0 Å². The van der Waals surface area contributed by atoms with Gasteiger partial charge in [-0.1, -0.05) is 29.8 Å². The second-order valence-corrected chi connectivity index (χ2v) is 5.50. The Hall–Kier alpha value is -2.20. The number of para-hydroxylation sites is 1. The van der Waals surface area contributed by atoms with Crippen molar-refractivity contribution in [2.24, 2.45) is 0 Å². The van der Waals surface area contributed by atoms with Crippen LogP contribution in [0.1, 0.15) is 29.7 Å². The number of rotatable bonds is 7. The Balaban J connectivity index is 2.17. The summed E-state index contributed by atoms with van der Waals surface area (Å²) in [6, 6.07) is 12.3. The summed E-state index contributed by atoms with van der Waals surface area (Å²) in [7, 11) is 5.01. The van der Waals surface area contributed by atoms with Crippen molar-refractivity contribution in [1.82, 2.24) is 5.32 Å². The van der Waals surface area contributed by atoms with Gasteiger partial charge < -0.3 is 19.5 Å². The molecule has 0 amide bonds. The summed E-state index contributed by atoms with van der Waals surface area (Å²) in [5, 5.41) is 3.53. The van der Waals surface area contributed by atoms with Crippen molar-refractivity contribution in [3.63, 3.8) is 0 Å². The molecule has 1 atom stereocenters. The lowest BCUT2D eigenvalue weighted by Gasteiger charge is -2.19. The fourth-order valence-corrected chi connectivity index (χ4v) is 2.66. The van der Waals surface area contributed by atoms with Crippen LogP contribution in [0.4, 0.5) is 0 Å². The van der Waals surface area contributed by atoms with Gasteiger partial charge in [-0.3, -0.25) is 0 Å². The van der Waals surface area contributed by atoms with Crippen molar-refractivity contribution in [2.75, 3.05) is 21.3 Å². The van der Waals surface area contributed by atoms with E-state index < -0.39 is 0 Å². The smallest absolute Gasteiger partial charge is 0.165 e. The number of ether oxygens (including phenoxy) is 3. The van der Waals surface area contributed by atoms with Gasteiger partial charge in [-0.05, 0) is 26.0 Å². The molecule has 1 unspecified atom stereocenters. The lowest BCUT2D eigenvalue weighted by molar-refractivity contribution is 0.349. The van der Waals surface area contributed by atoms with E-state index in [0.29, 0.717) is 6.54 Å². The number of hydrogen-bond acceptors (Lipinski definition) is 4.